The van der Waals surface area contributed by atoms with Gasteiger partial charge in [0.2, 0.25) is 0 Å². The van der Waals surface area contributed by atoms with E-state index in [1.165, 1.54) is 6.07 Å². The summed E-state index contributed by atoms with van der Waals surface area (Å²) < 4.78 is 13.0. The fraction of sp³-hybridized carbons (Fsp3) is 0.455. The van der Waals surface area contributed by atoms with Crippen LogP contribution in [0, 0.1) is 5.82 Å². The van der Waals surface area contributed by atoms with Crippen LogP contribution < -0.4 is 5.32 Å². The predicted octanol–water partition coefficient (Wildman–Crippen LogP) is 2.00. The van der Waals surface area contributed by atoms with Crippen molar-refractivity contribution in [1.29, 1.82) is 0 Å². The average Bonchev–Trinajstić information content (AvgIpc) is 2.18. The molecular weight excluding hydrogens is 181 g/mol. The summed E-state index contributed by atoms with van der Waals surface area (Å²) in [6.07, 6.45) is 2.03. The first-order valence-corrected chi connectivity index (χ1v) is 4.96. The van der Waals surface area contributed by atoms with Crippen LogP contribution in [-0.4, -0.2) is 18.2 Å². The number of nitrogens with one attached hydrogen (secondary N) is 1. The first-order valence-electron chi connectivity index (χ1n) is 4.96. The van der Waals surface area contributed by atoms with Crippen molar-refractivity contribution in [3.8, 4) is 5.75 Å². The van der Waals surface area contributed by atoms with E-state index in [9.17, 15) is 9.50 Å². The van der Waals surface area contributed by atoms with Crippen molar-refractivity contribution in [2.75, 3.05) is 13.1 Å². The summed E-state index contributed by atoms with van der Waals surface area (Å²) in [6.45, 7) is 1.95. The van der Waals surface area contributed by atoms with Gasteiger partial charge in [0.25, 0.3) is 0 Å². The molecule has 14 heavy (non-hydrogen) atoms. The number of aromatic hydroxyl groups is 1. The zero-order valence-corrected chi connectivity index (χ0v) is 7.96. The molecule has 0 unspecified atom stereocenters. The van der Waals surface area contributed by atoms with Gasteiger partial charge in [-0.25, -0.2) is 4.39 Å². The zero-order chi connectivity index (χ0) is 9.97. The lowest BCUT2D eigenvalue weighted by atomic mass is 9.90. The molecule has 0 amide bonds. The Bertz CT molecular complexity index is 301. The minimum absolute atomic E-state index is 0.0264. The van der Waals surface area contributed by atoms with Gasteiger partial charge in [0.1, 0.15) is 11.6 Å². The largest absolute Gasteiger partial charge is 0.508 e. The molecule has 76 valence electrons. The van der Waals surface area contributed by atoms with Crippen molar-refractivity contribution in [1.82, 2.24) is 5.32 Å². The van der Waals surface area contributed by atoms with Crippen molar-refractivity contribution in [3.05, 3.63) is 29.6 Å². The van der Waals surface area contributed by atoms with E-state index >= 15 is 0 Å². The predicted molar refractivity (Wildman–Crippen MR) is 52.9 cm³/mol. The van der Waals surface area contributed by atoms with Crippen LogP contribution in [0.5, 0.6) is 5.75 Å². The van der Waals surface area contributed by atoms with Gasteiger partial charge < -0.3 is 10.4 Å². The molecule has 1 fully saturated rings. The van der Waals surface area contributed by atoms with E-state index in [4.69, 9.17) is 0 Å². The highest BCUT2D eigenvalue weighted by atomic mass is 19.1. The molecule has 1 aromatic carbocycles. The molecule has 1 aliphatic heterocycles. The maximum Gasteiger partial charge on any atom is 0.127 e. The topological polar surface area (TPSA) is 32.3 Å². The summed E-state index contributed by atoms with van der Waals surface area (Å²) in [7, 11) is 0. The Kier molecular flexibility index (Phi) is 2.68. The highest BCUT2D eigenvalue weighted by molar-refractivity contribution is 5.31. The second-order valence-corrected chi connectivity index (χ2v) is 3.77. The molecule has 1 heterocycles. The molecule has 0 spiro atoms. The van der Waals surface area contributed by atoms with Gasteiger partial charge in [-0.05, 0) is 49.5 Å². The number of halogens is 1. The van der Waals surface area contributed by atoms with Gasteiger partial charge in [-0.2, -0.15) is 0 Å². The van der Waals surface area contributed by atoms with Crippen molar-refractivity contribution in [2.24, 2.45) is 0 Å². The van der Waals surface area contributed by atoms with Gasteiger partial charge >= 0.3 is 0 Å². The third-order valence-corrected chi connectivity index (χ3v) is 2.72. The molecule has 0 bridgehead atoms. The summed E-state index contributed by atoms with van der Waals surface area (Å²) in [5.74, 6) is 0.0647. The SMILES string of the molecule is Oc1cc(F)cc(C2CCNCC2)c1. The van der Waals surface area contributed by atoms with Crippen LogP contribution in [0.1, 0.15) is 24.3 Å². The molecule has 2 rings (SSSR count). The minimum Gasteiger partial charge on any atom is -0.508 e. The number of phenols is 1. The van der Waals surface area contributed by atoms with E-state index in [0.717, 1.165) is 37.6 Å². The van der Waals surface area contributed by atoms with Crippen molar-refractivity contribution >= 4 is 0 Å². The van der Waals surface area contributed by atoms with Gasteiger partial charge in [0, 0.05) is 6.07 Å². The molecule has 0 atom stereocenters. The lowest BCUT2D eigenvalue weighted by Gasteiger charge is -2.23. The van der Waals surface area contributed by atoms with Crippen molar-refractivity contribution in [3.63, 3.8) is 0 Å². The Labute approximate surface area is 82.8 Å². The zero-order valence-electron chi connectivity index (χ0n) is 7.96. The van der Waals surface area contributed by atoms with E-state index in [0.29, 0.717) is 5.92 Å². The maximum atomic E-state index is 13.0. The number of hydrogen-bond acceptors (Lipinski definition) is 2. The van der Waals surface area contributed by atoms with Gasteiger partial charge in [-0.1, -0.05) is 0 Å². The molecule has 1 saturated heterocycles. The lowest BCUT2D eigenvalue weighted by molar-refractivity contribution is 0.446. The van der Waals surface area contributed by atoms with Gasteiger partial charge in [0.05, 0.1) is 0 Å². The maximum absolute atomic E-state index is 13.0. The van der Waals surface area contributed by atoms with E-state index in [1.807, 2.05) is 0 Å². The summed E-state index contributed by atoms with van der Waals surface area (Å²) >= 11 is 0. The Morgan fingerprint density at radius 3 is 2.57 bits per heavy atom. The van der Waals surface area contributed by atoms with Crippen molar-refractivity contribution < 1.29 is 9.50 Å². The Hall–Kier alpha value is -1.09. The molecule has 3 heteroatoms. The number of phenolic OH excluding ortho intramolecular Hbond substituents is 1. The van der Waals surface area contributed by atoms with Gasteiger partial charge in [0.15, 0.2) is 0 Å². The number of benzene rings is 1. The van der Waals surface area contributed by atoms with Crippen LogP contribution in [-0.2, 0) is 0 Å². The summed E-state index contributed by atoms with van der Waals surface area (Å²) in [6, 6.07) is 4.33. The van der Waals surface area contributed by atoms with E-state index in [-0.39, 0.29) is 11.6 Å². The molecule has 0 aromatic heterocycles. The first-order chi connectivity index (χ1) is 6.75. The Morgan fingerprint density at radius 2 is 1.93 bits per heavy atom. The minimum atomic E-state index is -0.349. The third-order valence-electron chi connectivity index (χ3n) is 2.72. The second-order valence-electron chi connectivity index (χ2n) is 3.77. The van der Waals surface area contributed by atoms with Gasteiger partial charge in [-0.15, -0.1) is 0 Å². The highest BCUT2D eigenvalue weighted by Crippen LogP contribution is 2.28. The molecule has 2 nitrogen and oxygen atoms in total. The third kappa shape index (κ3) is 2.04. The quantitative estimate of drug-likeness (QED) is 0.718. The summed E-state index contributed by atoms with van der Waals surface area (Å²) in [5, 5.41) is 12.5. The van der Waals surface area contributed by atoms with Crippen LogP contribution in [0.3, 0.4) is 0 Å². The number of piperidine rings is 1. The molecule has 1 aliphatic rings. The Balaban J connectivity index is 2.21. The molecule has 2 N–H and O–H groups in total. The van der Waals surface area contributed by atoms with Crippen LogP contribution in [0.4, 0.5) is 4.39 Å². The van der Waals surface area contributed by atoms with Crippen LogP contribution in [0.2, 0.25) is 0 Å². The number of hydrogen-bond donors (Lipinski definition) is 2. The van der Waals surface area contributed by atoms with Crippen LogP contribution >= 0.6 is 0 Å². The van der Waals surface area contributed by atoms with Crippen LogP contribution in [0.25, 0.3) is 0 Å². The molecular formula is C11H14FNO. The second kappa shape index (κ2) is 3.96. The first kappa shape index (κ1) is 9.46. The molecule has 0 aliphatic carbocycles. The van der Waals surface area contributed by atoms with E-state index in [1.54, 1.807) is 6.07 Å². The monoisotopic (exact) mass is 195 g/mol. The van der Waals surface area contributed by atoms with Gasteiger partial charge in [-0.3, -0.25) is 0 Å². The fourth-order valence-corrected chi connectivity index (χ4v) is 1.99. The summed E-state index contributed by atoms with van der Waals surface area (Å²) in [4.78, 5) is 0. The van der Waals surface area contributed by atoms with E-state index < -0.39 is 0 Å². The molecule has 1 aromatic rings. The number of rotatable bonds is 1. The molecule has 0 saturated carbocycles. The summed E-state index contributed by atoms with van der Waals surface area (Å²) in [5.41, 5.74) is 0.920. The normalized spacial score (nSPS) is 18.4. The lowest BCUT2D eigenvalue weighted by Crippen LogP contribution is -2.26. The van der Waals surface area contributed by atoms with Crippen molar-refractivity contribution in [2.45, 2.75) is 18.8 Å². The smallest absolute Gasteiger partial charge is 0.127 e. The van der Waals surface area contributed by atoms with E-state index in [2.05, 4.69) is 5.32 Å². The highest BCUT2D eigenvalue weighted by Gasteiger charge is 2.16. The standard InChI is InChI=1S/C11H14FNO/c12-10-5-9(6-11(14)7-10)8-1-3-13-4-2-8/h5-8,13-14H,1-4H2. The average molecular weight is 195 g/mol. The Morgan fingerprint density at radius 1 is 1.21 bits per heavy atom. The fourth-order valence-electron chi connectivity index (χ4n) is 1.99. The molecule has 0 radical (unpaired) electrons. The van der Waals surface area contributed by atoms with Crippen LogP contribution in [0.15, 0.2) is 18.2 Å².